The van der Waals surface area contributed by atoms with E-state index in [1.165, 1.54) is 10.4 Å². The molecule has 0 fully saturated rings. The molecule has 1 aliphatic heterocycles. The van der Waals surface area contributed by atoms with E-state index in [9.17, 15) is 0 Å². The number of hydrogen-bond donors (Lipinski definition) is 1. The van der Waals surface area contributed by atoms with Crippen molar-refractivity contribution < 1.29 is 0 Å². The van der Waals surface area contributed by atoms with Gasteiger partial charge in [0.2, 0.25) is 0 Å². The normalized spacial score (nSPS) is 18.7. The lowest BCUT2D eigenvalue weighted by molar-refractivity contribution is 0.339. The summed E-state index contributed by atoms with van der Waals surface area (Å²) in [6.07, 6.45) is 1.91. The van der Waals surface area contributed by atoms with E-state index in [4.69, 9.17) is 5.73 Å². The van der Waals surface area contributed by atoms with Gasteiger partial charge in [-0.1, -0.05) is 30.3 Å². The Bertz CT molecular complexity index is 591. The van der Waals surface area contributed by atoms with Crippen LogP contribution in [0.2, 0.25) is 0 Å². The zero-order valence-electron chi connectivity index (χ0n) is 10.8. The summed E-state index contributed by atoms with van der Waals surface area (Å²) in [6.45, 7) is 3.55. The molecule has 19 heavy (non-hydrogen) atoms. The molecule has 0 bridgehead atoms. The van der Waals surface area contributed by atoms with Gasteiger partial charge in [0.1, 0.15) is 11.0 Å². The summed E-state index contributed by atoms with van der Waals surface area (Å²) in [4.78, 5) is 12.2. The van der Waals surface area contributed by atoms with Gasteiger partial charge in [0.25, 0.3) is 0 Å². The zero-order valence-corrected chi connectivity index (χ0v) is 11.6. The number of thiazole rings is 1. The van der Waals surface area contributed by atoms with Gasteiger partial charge in [-0.3, -0.25) is 4.99 Å². The summed E-state index contributed by atoms with van der Waals surface area (Å²) < 4.78 is 0. The first-order chi connectivity index (χ1) is 9.24. The quantitative estimate of drug-likeness (QED) is 0.933. The molecule has 1 unspecified atom stereocenters. The van der Waals surface area contributed by atoms with Crippen LogP contribution in [0.1, 0.15) is 21.5 Å². The fraction of sp³-hybridized carbons (Fsp3) is 0.286. The highest BCUT2D eigenvalue weighted by Gasteiger charge is 2.29. The van der Waals surface area contributed by atoms with Crippen LogP contribution in [-0.4, -0.2) is 22.4 Å². The standard InChI is InChI=1S/C14H16N4S/c1-10-7-16-13(19-10)12-8-17-14(15)18(12)9-11-5-3-2-4-6-11/h2-7,12H,8-9H2,1H3,(H2,15,17). The lowest BCUT2D eigenvalue weighted by Gasteiger charge is -2.24. The first kappa shape index (κ1) is 12.2. The van der Waals surface area contributed by atoms with Gasteiger partial charge in [-0.15, -0.1) is 11.3 Å². The predicted octanol–water partition coefficient (Wildman–Crippen LogP) is 2.32. The molecule has 1 aliphatic rings. The van der Waals surface area contributed by atoms with E-state index in [-0.39, 0.29) is 6.04 Å². The maximum Gasteiger partial charge on any atom is 0.192 e. The van der Waals surface area contributed by atoms with Gasteiger partial charge in [0.05, 0.1) is 6.54 Å². The second-order valence-corrected chi connectivity index (χ2v) is 5.90. The van der Waals surface area contributed by atoms with Crippen molar-refractivity contribution in [3.8, 4) is 0 Å². The Kier molecular flexibility index (Phi) is 3.21. The van der Waals surface area contributed by atoms with Crippen LogP contribution in [-0.2, 0) is 6.54 Å². The van der Waals surface area contributed by atoms with E-state index in [1.807, 2.05) is 24.4 Å². The van der Waals surface area contributed by atoms with Gasteiger partial charge in [-0.25, -0.2) is 4.98 Å². The number of aryl methyl sites for hydroxylation is 1. The van der Waals surface area contributed by atoms with Crippen molar-refractivity contribution in [1.82, 2.24) is 9.88 Å². The van der Waals surface area contributed by atoms with Crippen molar-refractivity contribution in [3.05, 3.63) is 52.0 Å². The van der Waals surface area contributed by atoms with Gasteiger partial charge in [0.15, 0.2) is 5.96 Å². The average molecular weight is 272 g/mol. The molecular weight excluding hydrogens is 256 g/mol. The molecule has 0 saturated heterocycles. The van der Waals surface area contributed by atoms with Crippen LogP contribution in [0.25, 0.3) is 0 Å². The Balaban J connectivity index is 1.83. The van der Waals surface area contributed by atoms with Crippen molar-refractivity contribution >= 4 is 17.3 Å². The smallest absolute Gasteiger partial charge is 0.192 e. The van der Waals surface area contributed by atoms with Crippen molar-refractivity contribution in [2.24, 2.45) is 10.7 Å². The number of guanidine groups is 1. The summed E-state index contributed by atoms with van der Waals surface area (Å²) in [5, 5.41) is 1.10. The number of aromatic nitrogens is 1. The Hall–Kier alpha value is -1.88. The molecule has 0 aliphatic carbocycles. The minimum absolute atomic E-state index is 0.180. The van der Waals surface area contributed by atoms with E-state index in [1.54, 1.807) is 11.3 Å². The van der Waals surface area contributed by atoms with Crippen LogP contribution in [0, 0.1) is 6.92 Å². The second kappa shape index (κ2) is 5.01. The van der Waals surface area contributed by atoms with Gasteiger partial charge in [0, 0.05) is 17.6 Å². The van der Waals surface area contributed by atoms with Crippen molar-refractivity contribution in [2.45, 2.75) is 19.5 Å². The molecule has 0 radical (unpaired) electrons. The molecule has 5 heteroatoms. The molecule has 0 saturated carbocycles. The monoisotopic (exact) mass is 272 g/mol. The zero-order chi connectivity index (χ0) is 13.2. The number of aliphatic imine (C=N–C) groups is 1. The van der Waals surface area contributed by atoms with Gasteiger partial charge in [-0.05, 0) is 12.5 Å². The van der Waals surface area contributed by atoms with E-state index in [2.05, 4.69) is 33.9 Å². The highest BCUT2D eigenvalue weighted by Crippen LogP contribution is 2.29. The molecule has 3 rings (SSSR count). The van der Waals surface area contributed by atoms with Gasteiger partial charge in [-0.2, -0.15) is 0 Å². The Labute approximate surface area is 116 Å². The van der Waals surface area contributed by atoms with Gasteiger partial charge >= 0.3 is 0 Å². The number of nitrogens with two attached hydrogens (primary N) is 1. The SMILES string of the molecule is Cc1cnc(C2CN=C(N)N2Cc2ccccc2)s1. The average Bonchev–Trinajstić information content (AvgIpc) is 2.99. The third-order valence-corrected chi connectivity index (χ3v) is 4.23. The molecule has 0 amide bonds. The molecule has 2 heterocycles. The predicted molar refractivity (Wildman–Crippen MR) is 78.1 cm³/mol. The van der Waals surface area contributed by atoms with Crippen LogP contribution in [0.4, 0.5) is 0 Å². The molecule has 1 aromatic heterocycles. The largest absolute Gasteiger partial charge is 0.370 e. The summed E-state index contributed by atoms with van der Waals surface area (Å²) >= 11 is 1.72. The van der Waals surface area contributed by atoms with Crippen molar-refractivity contribution in [2.75, 3.05) is 6.54 Å². The third kappa shape index (κ3) is 2.46. The van der Waals surface area contributed by atoms with Crippen LogP contribution >= 0.6 is 11.3 Å². The van der Waals surface area contributed by atoms with E-state index < -0.39 is 0 Å². The minimum atomic E-state index is 0.180. The fourth-order valence-corrected chi connectivity index (χ4v) is 3.12. The topological polar surface area (TPSA) is 54.5 Å². The molecule has 1 aromatic carbocycles. The third-order valence-electron chi connectivity index (χ3n) is 3.22. The van der Waals surface area contributed by atoms with Crippen LogP contribution in [0.15, 0.2) is 41.5 Å². The molecule has 2 N–H and O–H groups in total. The summed E-state index contributed by atoms with van der Waals surface area (Å²) in [7, 11) is 0. The van der Waals surface area contributed by atoms with E-state index in [0.717, 1.165) is 11.6 Å². The highest BCUT2D eigenvalue weighted by molar-refractivity contribution is 7.11. The molecule has 0 spiro atoms. The molecule has 1 atom stereocenters. The van der Waals surface area contributed by atoms with Crippen LogP contribution < -0.4 is 5.73 Å². The molecule has 98 valence electrons. The van der Waals surface area contributed by atoms with E-state index in [0.29, 0.717) is 12.5 Å². The molecule has 4 nitrogen and oxygen atoms in total. The Morgan fingerprint density at radius 1 is 1.37 bits per heavy atom. The van der Waals surface area contributed by atoms with Gasteiger partial charge < -0.3 is 10.6 Å². The summed E-state index contributed by atoms with van der Waals surface area (Å²) in [6, 6.07) is 10.5. The fourth-order valence-electron chi connectivity index (χ4n) is 2.24. The highest BCUT2D eigenvalue weighted by atomic mass is 32.1. The number of benzene rings is 1. The summed E-state index contributed by atoms with van der Waals surface area (Å²) in [5.41, 5.74) is 7.25. The molecule has 2 aromatic rings. The van der Waals surface area contributed by atoms with E-state index >= 15 is 0 Å². The lowest BCUT2D eigenvalue weighted by Crippen LogP contribution is -2.35. The molecular formula is C14H16N4S. The number of hydrogen-bond acceptors (Lipinski definition) is 5. The minimum Gasteiger partial charge on any atom is -0.370 e. The first-order valence-electron chi connectivity index (χ1n) is 6.27. The van der Waals surface area contributed by atoms with Crippen LogP contribution in [0.5, 0.6) is 0 Å². The Morgan fingerprint density at radius 3 is 2.84 bits per heavy atom. The van der Waals surface area contributed by atoms with Crippen LogP contribution in [0.3, 0.4) is 0 Å². The van der Waals surface area contributed by atoms with Crippen molar-refractivity contribution in [1.29, 1.82) is 0 Å². The van der Waals surface area contributed by atoms with Crippen molar-refractivity contribution in [3.63, 3.8) is 0 Å². The number of nitrogens with zero attached hydrogens (tertiary/aromatic N) is 3. The lowest BCUT2D eigenvalue weighted by atomic mass is 10.2. The second-order valence-electron chi connectivity index (χ2n) is 4.64. The number of rotatable bonds is 3. The Morgan fingerprint density at radius 2 is 2.16 bits per heavy atom. The first-order valence-corrected chi connectivity index (χ1v) is 7.08. The maximum atomic E-state index is 6.01. The maximum absolute atomic E-state index is 6.01. The summed E-state index contributed by atoms with van der Waals surface area (Å²) in [5.74, 6) is 0.613.